The van der Waals surface area contributed by atoms with Crippen LogP contribution in [0.1, 0.15) is 55.6 Å². The van der Waals surface area contributed by atoms with Gasteiger partial charge in [-0.2, -0.15) is 0 Å². The number of nitrogens with one attached hydrogen (secondary N) is 1. The minimum absolute atomic E-state index is 0.0442. The second-order valence-corrected chi connectivity index (χ2v) is 10.2. The van der Waals surface area contributed by atoms with E-state index in [0.29, 0.717) is 38.6 Å². The van der Waals surface area contributed by atoms with E-state index >= 15 is 0 Å². The molecular weight excluding hydrogens is 432 g/mol. The van der Waals surface area contributed by atoms with Crippen molar-refractivity contribution >= 4 is 18.0 Å². The van der Waals surface area contributed by atoms with Crippen molar-refractivity contribution in [2.24, 2.45) is 5.41 Å². The van der Waals surface area contributed by atoms with Gasteiger partial charge < -0.3 is 20.1 Å². The van der Waals surface area contributed by atoms with E-state index in [1.54, 1.807) is 4.90 Å². The monoisotopic (exact) mass is 460 g/mol. The molecule has 2 unspecified atom stereocenters. The number of alkyl carbamates (subject to hydrolysis) is 1. The third-order valence-electron chi connectivity index (χ3n) is 8.44. The maximum atomic E-state index is 13.4. The van der Waals surface area contributed by atoms with E-state index < -0.39 is 23.0 Å². The topological polar surface area (TPSA) is 95.9 Å². The van der Waals surface area contributed by atoms with E-state index in [1.165, 1.54) is 0 Å². The third-order valence-corrected chi connectivity index (χ3v) is 8.44. The quantitative estimate of drug-likeness (QED) is 0.705. The number of ether oxygens (including phenoxy) is 1. The highest BCUT2D eigenvalue weighted by atomic mass is 16.5. The van der Waals surface area contributed by atoms with Gasteiger partial charge in [-0.1, -0.05) is 55.0 Å². The van der Waals surface area contributed by atoms with Gasteiger partial charge in [0.15, 0.2) is 0 Å². The number of fused-ring (bicyclic) bond motifs is 4. The minimum atomic E-state index is -0.959. The molecule has 0 spiro atoms. The zero-order chi connectivity index (χ0) is 23.5. The number of carboxylic acid groups (broad SMARTS) is 1. The van der Waals surface area contributed by atoms with Gasteiger partial charge in [-0.3, -0.25) is 9.59 Å². The molecule has 176 valence electrons. The predicted molar refractivity (Wildman–Crippen MR) is 124 cm³/mol. The first-order chi connectivity index (χ1) is 16.5. The lowest BCUT2D eigenvalue weighted by Gasteiger charge is -2.31. The van der Waals surface area contributed by atoms with Gasteiger partial charge in [-0.05, 0) is 54.4 Å². The Morgan fingerprint density at radius 3 is 2.24 bits per heavy atom. The van der Waals surface area contributed by atoms with Crippen LogP contribution in [0.3, 0.4) is 0 Å². The molecule has 0 bridgehead atoms. The van der Waals surface area contributed by atoms with E-state index in [2.05, 4.69) is 29.6 Å². The first kappa shape index (κ1) is 21.2. The Kier molecular flexibility index (Phi) is 4.73. The molecule has 2 saturated carbocycles. The van der Waals surface area contributed by atoms with Gasteiger partial charge in [0.25, 0.3) is 0 Å². The molecule has 3 fully saturated rings. The van der Waals surface area contributed by atoms with Crippen molar-refractivity contribution in [3.05, 3.63) is 59.7 Å². The van der Waals surface area contributed by atoms with Gasteiger partial charge >= 0.3 is 12.1 Å². The van der Waals surface area contributed by atoms with Crippen LogP contribution >= 0.6 is 0 Å². The van der Waals surface area contributed by atoms with Crippen LogP contribution in [-0.4, -0.2) is 52.7 Å². The normalized spacial score (nSPS) is 25.9. The van der Waals surface area contributed by atoms with Crippen molar-refractivity contribution < 1.29 is 24.2 Å². The lowest BCUT2D eigenvalue weighted by Crippen LogP contribution is -2.53. The molecule has 34 heavy (non-hydrogen) atoms. The molecule has 2 atom stereocenters. The molecule has 0 radical (unpaired) electrons. The molecular formula is C27H28N2O5. The van der Waals surface area contributed by atoms with Gasteiger partial charge in [-0.25, -0.2) is 4.79 Å². The zero-order valence-corrected chi connectivity index (χ0v) is 19.0. The summed E-state index contributed by atoms with van der Waals surface area (Å²) in [7, 11) is 0. The van der Waals surface area contributed by atoms with E-state index in [-0.39, 0.29) is 24.5 Å². The van der Waals surface area contributed by atoms with Crippen molar-refractivity contribution in [2.45, 2.75) is 56.0 Å². The number of likely N-dealkylation sites (tertiary alicyclic amines) is 1. The fraction of sp³-hybridized carbons (Fsp3) is 0.444. The Morgan fingerprint density at radius 2 is 1.62 bits per heavy atom. The molecule has 1 aliphatic heterocycles. The molecule has 1 heterocycles. The molecule has 2 aromatic carbocycles. The molecule has 2 amide bonds. The standard InChI is InChI=1S/C27H28N2O5/c30-23(29-15-14-26(24(31)32)11-5-10-22(26)29)27(12-13-27)28-25(33)34-16-21-19-8-3-1-6-17(19)18-7-2-4-9-20(18)21/h1-4,6-9,21-22H,5,10-16H2,(H,28,33)(H,31,32). The minimum Gasteiger partial charge on any atom is -0.481 e. The van der Waals surface area contributed by atoms with E-state index in [1.807, 2.05) is 24.3 Å². The van der Waals surface area contributed by atoms with Gasteiger partial charge in [-0.15, -0.1) is 0 Å². The lowest BCUT2D eigenvalue weighted by atomic mass is 9.82. The highest BCUT2D eigenvalue weighted by Gasteiger charge is 2.61. The van der Waals surface area contributed by atoms with Crippen molar-refractivity contribution in [1.29, 1.82) is 0 Å². The number of amides is 2. The summed E-state index contributed by atoms with van der Waals surface area (Å²) in [5, 5.41) is 12.7. The summed E-state index contributed by atoms with van der Waals surface area (Å²) >= 11 is 0. The predicted octanol–water partition coefficient (Wildman–Crippen LogP) is 3.91. The average molecular weight is 461 g/mol. The van der Waals surface area contributed by atoms with Crippen LogP contribution < -0.4 is 5.32 Å². The summed E-state index contributed by atoms with van der Waals surface area (Å²) < 4.78 is 5.66. The van der Waals surface area contributed by atoms with Gasteiger partial charge in [0.2, 0.25) is 5.91 Å². The summed E-state index contributed by atoms with van der Waals surface area (Å²) in [5.41, 5.74) is 2.81. The van der Waals surface area contributed by atoms with Crippen LogP contribution in [0.25, 0.3) is 11.1 Å². The molecule has 6 rings (SSSR count). The Hall–Kier alpha value is -3.35. The van der Waals surface area contributed by atoms with Crippen LogP contribution in [0.15, 0.2) is 48.5 Å². The second-order valence-electron chi connectivity index (χ2n) is 10.2. The average Bonchev–Trinajstić information content (AvgIpc) is 3.20. The molecule has 3 aliphatic carbocycles. The van der Waals surface area contributed by atoms with Gasteiger partial charge in [0, 0.05) is 18.5 Å². The van der Waals surface area contributed by atoms with Crippen molar-refractivity contribution in [3.8, 4) is 11.1 Å². The molecule has 1 saturated heterocycles. The number of rotatable bonds is 5. The summed E-state index contributed by atoms with van der Waals surface area (Å²) in [6.07, 6.45) is 3.14. The Labute approximate surface area is 198 Å². The fourth-order valence-electron chi connectivity index (χ4n) is 6.50. The highest BCUT2D eigenvalue weighted by Crippen LogP contribution is 2.51. The van der Waals surface area contributed by atoms with Crippen LogP contribution in [0.5, 0.6) is 0 Å². The Morgan fingerprint density at radius 1 is 0.971 bits per heavy atom. The van der Waals surface area contributed by atoms with Crippen LogP contribution in [0.4, 0.5) is 4.79 Å². The number of hydrogen-bond donors (Lipinski definition) is 2. The summed E-state index contributed by atoms with van der Waals surface area (Å²) in [5.74, 6) is -1.01. The molecule has 2 N–H and O–H groups in total. The van der Waals surface area contributed by atoms with Crippen LogP contribution in [0.2, 0.25) is 0 Å². The highest BCUT2D eigenvalue weighted by molar-refractivity contribution is 5.94. The number of aliphatic carboxylic acids is 1. The van der Waals surface area contributed by atoms with Gasteiger partial charge in [0.05, 0.1) is 5.41 Å². The van der Waals surface area contributed by atoms with Crippen molar-refractivity contribution in [2.75, 3.05) is 13.2 Å². The third kappa shape index (κ3) is 3.06. The fourth-order valence-corrected chi connectivity index (χ4v) is 6.50. The van der Waals surface area contributed by atoms with Gasteiger partial charge in [0.1, 0.15) is 12.1 Å². The number of carboxylic acids is 1. The summed E-state index contributed by atoms with van der Waals surface area (Å²) in [6, 6.07) is 16.0. The second kappa shape index (κ2) is 7.58. The molecule has 7 nitrogen and oxygen atoms in total. The molecule has 0 aromatic heterocycles. The Balaban J connectivity index is 1.13. The molecule has 2 aromatic rings. The zero-order valence-electron chi connectivity index (χ0n) is 19.0. The maximum Gasteiger partial charge on any atom is 0.408 e. The summed E-state index contributed by atoms with van der Waals surface area (Å²) in [6.45, 7) is 0.627. The molecule has 4 aliphatic rings. The first-order valence-corrected chi connectivity index (χ1v) is 12.1. The number of benzene rings is 2. The van der Waals surface area contributed by atoms with Crippen LogP contribution in [-0.2, 0) is 14.3 Å². The largest absolute Gasteiger partial charge is 0.481 e. The van der Waals surface area contributed by atoms with Crippen molar-refractivity contribution in [1.82, 2.24) is 10.2 Å². The van der Waals surface area contributed by atoms with E-state index in [9.17, 15) is 19.5 Å². The first-order valence-electron chi connectivity index (χ1n) is 12.1. The number of carbonyl (C=O) groups excluding carboxylic acids is 2. The number of hydrogen-bond acceptors (Lipinski definition) is 4. The van der Waals surface area contributed by atoms with Crippen LogP contribution in [0, 0.1) is 5.41 Å². The SMILES string of the molecule is O=C(NC1(C(=O)N2CCC3(C(=O)O)CCCC23)CC1)OCC1c2ccccc2-c2ccccc21. The lowest BCUT2D eigenvalue weighted by molar-refractivity contribution is -0.150. The number of nitrogens with zero attached hydrogens (tertiary/aromatic N) is 1. The van der Waals surface area contributed by atoms with E-state index in [0.717, 1.165) is 28.7 Å². The maximum absolute atomic E-state index is 13.4. The van der Waals surface area contributed by atoms with E-state index in [4.69, 9.17) is 4.74 Å². The van der Waals surface area contributed by atoms with Crippen molar-refractivity contribution in [3.63, 3.8) is 0 Å². The smallest absolute Gasteiger partial charge is 0.408 e. The number of carbonyl (C=O) groups is 3. The Bertz CT molecular complexity index is 1140. The molecule has 7 heteroatoms. The summed E-state index contributed by atoms with van der Waals surface area (Å²) in [4.78, 5) is 39.9.